The first-order valence-corrected chi connectivity index (χ1v) is 11.5. The maximum Gasteiger partial charge on any atom is 0.259 e. The summed E-state index contributed by atoms with van der Waals surface area (Å²) in [6, 6.07) is 3.62. The first-order valence-electron chi connectivity index (χ1n) is 11.5. The summed E-state index contributed by atoms with van der Waals surface area (Å²) in [5, 5.41) is 2.24. The summed E-state index contributed by atoms with van der Waals surface area (Å²) in [5.41, 5.74) is 4.78. The highest BCUT2D eigenvalue weighted by molar-refractivity contribution is 6.00. The van der Waals surface area contributed by atoms with Gasteiger partial charge in [-0.2, -0.15) is 0 Å². The van der Waals surface area contributed by atoms with Crippen LogP contribution >= 0.6 is 0 Å². The average Bonchev–Trinajstić information content (AvgIpc) is 2.80. The molecule has 32 heavy (non-hydrogen) atoms. The standard InChI is InChI=1S/C26H39F2NO3/c1-7-10-12-19(13-11-8-2)21(14-18(4)9-3)20-15-22(31-5)25(23(16-20)32-6)26(30)29-17-24(27)28/h14-16,24H,7-13,17H2,1-6H3,(H,29,30)/b18-14-. The Morgan fingerprint density at radius 3 is 1.97 bits per heavy atom. The molecule has 0 fully saturated rings. The minimum absolute atomic E-state index is 0.124. The van der Waals surface area contributed by atoms with E-state index >= 15 is 0 Å². The molecule has 0 radical (unpaired) electrons. The number of unbranched alkanes of at least 4 members (excludes halogenated alkanes) is 2. The number of amides is 1. The zero-order valence-electron chi connectivity index (χ0n) is 20.4. The van der Waals surface area contributed by atoms with E-state index in [-0.39, 0.29) is 5.56 Å². The molecule has 1 amide bonds. The van der Waals surface area contributed by atoms with E-state index in [0.717, 1.165) is 56.1 Å². The molecule has 0 aliphatic heterocycles. The van der Waals surface area contributed by atoms with Crippen LogP contribution in [0.4, 0.5) is 8.78 Å². The van der Waals surface area contributed by atoms with Gasteiger partial charge in [0.25, 0.3) is 12.3 Å². The van der Waals surface area contributed by atoms with Crippen LogP contribution in [0.25, 0.3) is 5.57 Å². The molecular weight excluding hydrogens is 412 g/mol. The van der Waals surface area contributed by atoms with Crippen LogP contribution in [0.3, 0.4) is 0 Å². The van der Waals surface area contributed by atoms with E-state index in [9.17, 15) is 13.6 Å². The van der Waals surface area contributed by atoms with Gasteiger partial charge in [0, 0.05) is 0 Å². The van der Waals surface area contributed by atoms with Crippen LogP contribution in [0.1, 0.15) is 88.6 Å². The van der Waals surface area contributed by atoms with Crippen LogP contribution in [0.2, 0.25) is 0 Å². The van der Waals surface area contributed by atoms with Crippen molar-refractivity contribution in [2.75, 3.05) is 20.8 Å². The van der Waals surface area contributed by atoms with Crippen molar-refractivity contribution in [2.45, 2.75) is 79.1 Å². The van der Waals surface area contributed by atoms with Crippen molar-refractivity contribution in [2.24, 2.45) is 0 Å². The van der Waals surface area contributed by atoms with E-state index in [4.69, 9.17) is 9.47 Å². The van der Waals surface area contributed by atoms with Crippen LogP contribution in [-0.2, 0) is 0 Å². The fraction of sp³-hybridized carbons (Fsp3) is 0.577. The summed E-state index contributed by atoms with van der Waals surface area (Å²) < 4.78 is 36.2. The molecule has 1 rings (SSSR count). The van der Waals surface area contributed by atoms with Crippen molar-refractivity contribution >= 4 is 11.5 Å². The molecule has 1 N–H and O–H groups in total. The predicted molar refractivity (Wildman–Crippen MR) is 128 cm³/mol. The molecule has 0 aliphatic rings. The molecule has 180 valence electrons. The number of halogens is 2. The third-order valence-corrected chi connectivity index (χ3v) is 5.45. The summed E-state index contributed by atoms with van der Waals surface area (Å²) in [5.74, 6) is -0.0402. The lowest BCUT2D eigenvalue weighted by atomic mass is 9.90. The third kappa shape index (κ3) is 8.29. The molecular formula is C26H39F2NO3. The van der Waals surface area contributed by atoms with Gasteiger partial charge in [-0.25, -0.2) is 8.78 Å². The Hall–Kier alpha value is -2.37. The van der Waals surface area contributed by atoms with Crippen LogP contribution in [0, 0.1) is 0 Å². The van der Waals surface area contributed by atoms with Gasteiger partial charge in [0.05, 0.1) is 20.8 Å². The van der Waals surface area contributed by atoms with Crippen molar-refractivity contribution in [1.82, 2.24) is 5.32 Å². The average molecular weight is 452 g/mol. The monoisotopic (exact) mass is 451 g/mol. The number of carbonyl (C=O) groups excluding carboxylic acids is 1. The first kappa shape index (κ1) is 27.7. The van der Waals surface area contributed by atoms with Crippen molar-refractivity contribution < 1.29 is 23.0 Å². The van der Waals surface area contributed by atoms with E-state index in [0.29, 0.717) is 11.5 Å². The predicted octanol–water partition coefficient (Wildman–Crippen LogP) is 7.19. The van der Waals surface area contributed by atoms with Gasteiger partial charge < -0.3 is 14.8 Å². The number of hydrogen-bond acceptors (Lipinski definition) is 3. The highest BCUT2D eigenvalue weighted by Gasteiger charge is 2.22. The zero-order valence-corrected chi connectivity index (χ0v) is 20.4. The maximum atomic E-state index is 12.6. The fourth-order valence-electron chi connectivity index (χ4n) is 3.46. The fourth-order valence-corrected chi connectivity index (χ4v) is 3.46. The number of carbonyl (C=O) groups is 1. The number of rotatable bonds is 14. The number of nitrogens with one attached hydrogen (secondary N) is 1. The number of hydrogen-bond donors (Lipinski definition) is 1. The topological polar surface area (TPSA) is 47.6 Å². The molecule has 0 saturated carbocycles. The minimum atomic E-state index is -2.63. The zero-order chi connectivity index (χ0) is 24.1. The number of methoxy groups -OCH3 is 2. The molecule has 0 spiro atoms. The summed E-state index contributed by atoms with van der Waals surface area (Å²) in [4.78, 5) is 12.6. The van der Waals surface area contributed by atoms with Crippen LogP contribution in [-0.4, -0.2) is 33.1 Å². The van der Waals surface area contributed by atoms with Gasteiger partial charge in [-0.1, -0.05) is 50.8 Å². The number of benzene rings is 1. The molecule has 1 aromatic rings. The van der Waals surface area contributed by atoms with Gasteiger partial charge in [-0.15, -0.1) is 0 Å². The van der Waals surface area contributed by atoms with Gasteiger partial charge in [0.15, 0.2) is 0 Å². The smallest absolute Gasteiger partial charge is 0.259 e. The summed E-state index contributed by atoms with van der Waals surface area (Å²) in [6.07, 6.45) is 6.93. The highest BCUT2D eigenvalue weighted by Crippen LogP contribution is 2.37. The molecule has 0 saturated heterocycles. The van der Waals surface area contributed by atoms with Crippen molar-refractivity contribution in [3.8, 4) is 11.5 Å². The number of allylic oxidation sites excluding steroid dienone is 4. The SMILES string of the molecule is CCCCC(CCCC)=C(/C=C(/C)CC)c1cc(OC)c(C(=O)NCC(F)F)c(OC)c1. The molecule has 1 aromatic carbocycles. The quantitative estimate of drug-likeness (QED) is 0.305. The van der Waals surface area contributed by atoms with E-state index in [2.05, 4.69) is 39.1 Å². The minimum Gasteiger partial charge on any atom is -0.496 e. The van der Waals surface area contributed by atoms with Crippen molar-refractivity contribution in [3.05, 3.63) is 40.5 Å². The summed E-state index contributed by atoms with van der Waals surface area (Å²) in [7, 11) is 2.93. The van der Waals surface area contributed by atoms with E-state index in [1.54, 1.807) is 0 Å². The second-order valence-electron chi connectivity index (χ2n) is 7.93. The Balaban J connectivity index is 3.68. The Bertz CT molecular complexity index is 765. The Kier molecular flexibility index (Phi) is 12.7. The summed E-state index contributed by atoms with van der Waals surface area (Å²) in [6.45, 7) is 7.87. The molecule has 0 aliphatic carbocycles. The second-order valence-corrected chi connectivity index (χ2v) is 7.93. The molecule has 0 atom stereocenters. The molecule has 4 nitrogen and oxygen atoms in total. The van der Waals surface area contributed by atoms with Gasteiger partial charge in [0.2, 0.25) is 0 Å². The van der Waals surface area contributed by atoms with Crippen molar-refractivity contribution in [3.63, 3.8) is 0 Å². The molecule has 0 unspecified atom stereocenters. The van der Waals surface area contributed by atoms with E-state index in [1.165, 1.54) is 25.4 Å². The lowest BCUT2D eigenvalue weighted by Gasteiger charge is -2.19. The second kappa shape index (κ2) is 14.6. The normalized spacial score (nSPS) is 11.5. The largest absolute Gasteiger partial charge is 0.496 e. The third-order valence-electron chi connectivity index (χ3n) is 5.45. The maximum absolute atomic E-state index is 12.6. The highest BCUT2D eigenvalue weighted by atomic mass is 19.3. The lowest BCUT2D eigenvalue weighted by molar-refractivity contribution is 0.0885. The van der Waals surface area contributed by atoms with Crippen LogP contribution in [0.15, 0.2) is 29.4 Å². The number of ether oxygens (including phenoxy) is 2. The lowest BCUT2D eigenvalue weighted by Crippen LogP contribution is -2.29. The van der Waals surface area contributed by atoms with Gasteiger partial charge >= 0.3 is 0 Å². The van der Waals surface area contributed by atoms with E-state index < -0.39 is 18.9 Å². The Morgan fingerprint density at radius 1 is 1.03 bits per heavy atom. The van der Waals surface area contributed by atoms with Crippen LogP contribution in [0.5, 0.6) is 11.5 Å². The Labute approximate surface area is 192 Å². The molecule has 6 heteroatoms. The first-order chi connectivity index (χ1) is 15.3. The summed E-state index contributed by atoms with van der Waals surface area (Å²) >= 11 is 0. The number of alkyl halides is 2. The van der Waals surface area contributed by atoms with Gasteiger partial charge in [0.1, 0.15) is 17.1 Å². The molecule has 0 bridgehead atoms. The van der Waals surface area contributed by atoms with Crippen molar-refractivity contribution in [1.29, 1.82) is 0 Å². The van der Waals surface area contributed by atoms with Gasteiger partial charge in [-0.05, 0) is 62.3 Å². The Morgan fingerprint density at radius 2 is 1.56 bits per heavy atom. The van der Waals surface area contributed by atoms with E-state index in [1.807, 2.05) is 12.1 Å². The van der Waals surface area contributed by atoms with Crippen LogP contribution < -0.4 is 14.8 Å². The van der Waals surface area contributed by atoms with Gasteiger partial charge in [-0.3, -0.25) is 4.79 Å². The molecule has 0 aromatic heterocycles. The molecule has 0 heterocycles.